The maximum atomic E-state index is 10.7. The highest BCUT2D eigenvalue weighted by molar-refractivity contribution is 7.10. The van der Waals surface area contributed by atoms with Gasteiger partial charge in [-0.25, -0.2) is 0 Å². The number of hydrogen-bond donors (Lipinski definition) is 1. The van der Waals surface area contributed by atoms with E-state index in [0.29, 0.717) is 5.02 Å². The second-order valence-electron chi connectivity index (χ2n) is 4.85. The van der Waals surface area contributed by atoms with Crippen molar-refractivity contribution < 1.29 is 9.84 Å². The van der Waals surface area contributed by atoms with Crippen molar-refractivity contribution in [2.24, 2.45) is 0 Å². The van der Waals surface area contributed by atoms with Crippen molar-refractivity contribution in [1.29, 1.82) is 0 Å². The lowest BCUT2D eigenvalue weighted by Gasteiger charge is -2.45. The fourth-order valence-corrected chi connectivity index (χ4v) is 3.74. The summed E-state index contributed by atoms with van der Waals surface area (Å²) < 4.78 is 5.39. The first kappa shape index (κ1) is 14.3. The van der Waals surface area contributed by atoms with E-state index < -0.39 is 6.10 Å². The maximum absolute atomic E-state index is 10.7. The van der Waals surface area contributed by atoms with Crippen molar-refractivity contribution in [2.45, 2.75) is 31.9 Å². The summed E-state index contributed by atoms with van der Waals surface area (Å²) in [6.07, 6.45) is 0.329. The SMILES string of the molecule is CCC(C)(C(O)c1sccc1Cl)N1CCOCC1. The number of nitrogens with zero attached hydrogens (tertiary/aromatic N) is 1. The summed E-state index contributed by atoms with van der Waals surface area (Å²) in [5, 5.41) is 13.3. The molecule has 1 aromatic rings. The molecule has 1 aliphatic rings. The molecular weight excluding hydrogens is 270 g/mol. The van der Waals surface area contributed by atoms with Gasteiger partial charge in [-0.1, -0.05) is 18.5 Å². The topological polar surface area (TPSA) is 32.7 Å². The van der Waals surface area contributed by atoms with Gasteiger partial charge in [0.2, 0.25) is 0 Å². The molecule has 1 N–H and O–H groups in total. The Morgan fingerprint density at radius 3 is 2.72 bits per heavy atom. The zero-order valence-electron chi connectivity index (χ0n) is 10.9. The van der Waals surface area contributed by atoms with Crippen LogP contribution in [0.2, 0.25) is 5.02 Å². The summed E-state index contributed by atoms with van der Waals surface area (Å²) in [5.41, 5.74) is -0.279. The number of morpholine rings is 1. The van der Waals surface area contributed by atoms with Crippen LogP contribution in [-0.4, -0.2) is 41.8 Å². The van der Waals surface area contributed by atoms with Crippen molar-refractivity contribution in [1.82, 2.24) is 4.90 Å². The summed E-state index contributed by atoms with van der Waals surface area (Å²) >= 11 is 7.67. The largest absolute Gasteiger partial charge is 0.386 e. The molecule has 0 saturated carbocycles. The van der Waals surface area contributed by atoms with Crippen LogP contribution < -0.4 is 0 Å². The van der Waals surface area contributed by atoms with Gasteiger partial charge in [0, 0.05) is 18.6 Å². The van der Waals surface area contributed by atoms with Gasteiger partial charge < -0.3 is 9.84 Å². The van der Waals surface area contributed by atoms with Gasteiger partial charge in [0.05, 0.1) is 23.1 Å². The molecule has 2 heterocycles. The van der Waals surface area contributed by atoms with E-state index in [1.54, 1.807) is 0 Å². The van der Waals surface area contributed by atoms with E-state index in [0.717, 1.165) is 37.6 Å². The van der Waals surface area contributed by atoms with Crippen molar-refractivity contribution in [3.05, 3.63) is 21.3 Å². The summed E-state index contributed by atoms with van der Waals surface area (Å²) in [5.74, 6) is 0. The van der Waals surface area contributed by atoms with Crippen LogP contribution in [0.15, 0.2) is 11.4 Å². The monoisotopic (exact) mass is 289 g/mol. The molecule has 0 bridgehead atoms. The highest BCUT2D eigenvalue weighted by Crippen LogP contribution is 2.40. The first-order valence-electron chi connectivity index (χ1n) is 6.33. The Morgan fingerprint density at radius 2 is 2.22 bits per heavy atom. The molecule has 1 saturated heterocycles. The summed E-state index contributed by atoms with van der Waals surface area (Å²) in [6.45, 7) is 7.43. The van der Waals surface area contributed by atoms with Crippen molar-refractivity contribution in [3.63, 3.8) is 0 Å². The Labute approximate surface area is 117 Å². The molecular formula is C13H20ClNO2S. The number of hydrogen-bond acceptors (Lipinski definition) is 4. The number of halogens is 1. The molecule has 1 aliphatic heterocycles. The molecule has 102 valence electrons. The van der Waals surface area contributed by atoms with Gasteiger partial charge >= 0.3 is 0 Å². The van der Waals surface area contributed by atoms with Gasteiger partial charge in [-0.3, -0.25) is 4.90 Å². The average molecular weight is 290 g/mol. The van der Waals surface area contributed by atoms with E-state index in [2.05, 4.69) is 18.7 Å². The molecule has 2 atom stereocenters. The Balaban J connectivity index is 2.22. The average Bonchev–Trinajstić information content (AvgIpc) is 2.84. The third-order valence-electron chi connectivity index (χ3n) is 3.93. The fraction of sp³-hybridized carbons (Fsp3) is 0.692. The van der Waals surface area contributed by atoms with Gasteiger partial charge in [-0.05, 0) is 24.8 Å². The first-order valence-corrected chi connectivity index (χ1v) is 7.59. The first-order chi connectivity index (χ1) is 8.59. The maximum Gasteiger partial charge on any atom is 0.108 e. The van der Waals surface area contributed by atoms with Crippen LogP contribution in [0.1, 0.15) is 31.2 Å². The molecule has 0 spiro atoms. The number of ether oxygens (including phenoxy) is 1. The van der Waals surface area contributed by atoms with Gasteiger partial charge in [0.25, 0.3) is 0 Å². The number of aliphatic hydroxyl groups excluding tert-OH is 1. The van der Waals surface area contributed by atoms with E-state index in [9.17, 15) is 5.11 Å². The zero-order chi connectivity index (χ0) is 13.2. The summed E-state index contributed by atoms with van der Waals surface area (Å²) in [4.78, 5) is 3.18. The standard InChI is InChI=1S/C13H20ClNO2S/c1-3-13(2,15-5-7-17-8-6-15)12(16)11-10(14)4-9-18-11/h4,9,12,16H,3,5-8H2,1-2H3. The molecule has 2 rings (SSSR count). The number of rotatable bonds is 4. The lowest BCUT2D eigenvalue weighted by molar-refractivity contribution is -0.0723. The van der Waals surface area contributed by atoms with Gasteiger partial charge in [0.15, 0.2) is 0 Å². The van der Waals surface area contributed by atoms with E-state index >= 15 is 0 Å². The Morgan fingerprint density at radius 1 is 1.56 bits per heavy atom. The van der Waals surface area contributed by atoms with Crippen molar-refractivity contribution >= 4 is 22.9 Å². The molecule has 0 aliphatic carbocycles. The number of aliphatic hydroxyl groups is 1. The van der Waals surface area contributed by atoms with E-state index in [4.69, 9.17) is 16.3 Å². The van der Waals surface area contributed by atoms with Crippen LogP contribution in [0.25, 0.3) is 0 Å². The normalized spacial score (nSPS) is 22.7. The summed E-state index contributed by atoms with van der Waals surface area (Å²) in [6, 6.07) is 1.85. The van der Waals surface area contributed by atoms with Crippen LogP contribution >= 0.6 is 22.9 Å². The van der Waals surface area contributed by atoms with Gasteiger partial charge in [0.1, 0.15) is 6.10 Å². The molecule has 18 heavy (non-hydrogen) atoms. The third kappa shape index (κ3) is 2.58. The second kappa shape index (κ2) is 5.88. The highest BCUT2D eigenvalue weighted by atomic mass is 35.5. The minimum Gasteiger partial charge on any atom is -0.386 e. The lowest BCUT2D eigenvalue weighted by Crippen LogP contribution is -2.54. The van der Waals surface area contributed by atoms with Crippen molar-refractivity contribution in [3.8, 4) is 0 Å². The molecule has 3 nitrogen and oxygen atoms in total. The molecule has 1 fully saturated rings. The minimum atomic E-state index is -0.548. The van der Waals surface area contributed by atoms with Crippen LogP contribution in [0, 0.1) is 0 Å². The minimum absolute atomic E-state index is 0.279. The molecule has 0 aromatic carbocycles. The zero-order valence-corrected chi connectivity index (χ0v) is 12.4. The van der Waals surface area contributed by atoms with Gasteiger partial charge in [-0.2, -0.15) is 0 Å². The smallest absolute Gasteiger partial charge is 0.108 e. The fourth-order valence-electron chi connectivity index (χ4n) is 2.45. The molecule has 5 heteroatoms. The Hall–Kier alpha value is -0.130. The van der Waals surface area contributed by atoms with E-state index in [1.807, 2.05) is 11.4 Å². The third-order valence-corrected chi connectivity index (χ3v) is 5.34. The second-order valence-corrected chi connectivity index (χ2v) is 6.20. The van der Waals surface area contributed by atoms with E-state index in [-0.39, 0.29) is 5.54 Å². The quantitative estimate of drug-likeness (QED) is 0.925. The molecule has 1 aromatic heterocycles. The number of thiophene rings is 1. The predicted molar refractivity (Wildman–Crippen MR) is 75.4 cm³/mol. The van der Waals surface area contributed by atoms with E-state index in [1.165, 1.54) is 11.3 Å². The van der Waals surface area contributed by atoms with Crippen LogP contribution in [-0.2, 0) is 4.74 Å². The summed E-state index contributed by atoms with van der Waals surface area (Å²) in [7, 11) is 0. The van der Waals surface area contributed by atoms with Crippen LogP contribution in [0.5, 0.6) is 0 Å². The van der Waals surface area contributed by atoms with Crippen LogP contribution in [0.3, 0.4) is 0 Å². The molecule has 0 radical (unpaired) electrons. The molecule has 0 amide bonds. The predicted octanol–water partition coefficient (Wildman–Crippen LogP) is 2.94. The van der Waals surface area contributed by atoms with Gasteiger partial charge in [-0.15, -0.1) is 11.3 Å². The Kier molecular flexibility index (Phi) is 4.67. The molecule has 2 unspecified atom stereocenters. The Bertz CT molecular complexity index is 392. The van der Waals surface area contributed by atoms with Crippen molar-refractivity contribution in [2.75, 3.05) is 26.3 Å². The lowest BCUT2D eigenvalue weighted by atomic mass is 9.88. The highest BCUT2D eigenvalue weighted by Gasteiger charge is 2.40. The van der Waals surface area contributed by atoms with Crippen LogP contribution in [0.4, 0.5) is 0 Å².